The Bertz CT molecular complexity index is 1250. The fourth-order valence-corrected chi connectivity index (χ4v) is 6.45. The molecule has 2 N–H and O–H groups in total. The number of halogens is 1. The van der Waals surface area contributed by atoms with Gasteiger partial charge < -0.3 is 19.9 Å². The van der Waals surface area contributed by atoms with Crippen molar-refractivity contribution in [3.63, 3.8) is 0 Å². The maximum Gasteiger partial charge on any atom is 0.329 e. The molecule has 1 saturated heterocycles. The Morgan fingerprint density at radius 2 is 2.03 bits per heavy atom. The molecule has 3 aromatic rings. The van der Waals surface area contributed by atoms with Gasteiger partial charge in [0.25, 0.3) is 5.91 Å². The van der Waals surface area contributed by atoms with Crippen molar-refractivity contribution in [1.29, 1.82) is 0 Å². The van der Waals surface area contributed by atoms with Crippen LogP contribution in [-0.4, -0.2) is 69.1 Å². The summed E-state index contributed by atoms with van der Waals surface area (Å²) >= 11 is 2.88. The molecule has 0 saturated carbocycles. The van der Waals surface area contributed by atoms with E-state index in [1.165, 1.54) is 23.5 Å². The first-order valence-corrected chi connectivity index (χ1v) is 14.8. The van der Waals surface area contributed by atoms with E-state index in [2.05, 4.69) is 15.2 Å². The topological polar surface area (TPSA) is 87.5 Å². The quantitative estimate of drug-likeness (QED) is 0.341. The van der Waals surface area contributed by atoms with Crippen LogP contribution in [0.25, 0.3) is 17.2 Å². The summed E-state index contributed by atoms with van der Waals surface area (Å²) in [7, 11) is 2.03. The van der Waals surface area contributed by atoms with Crippen molar-refractivity contribution in [2.45, 2.75) is 31.3 Å². The molecule has 7 nitrogen and oxygen atoms in total. The van der Waals surface area contributed by atoms with Gasteiger partial charge in [0.05, 0.1) is 6.33 Å². The third-order valence-electron chi connectivity index (χ3n) is 7.10. The van der Waals surface area contributed by atoms with Gasteiger partial charge in [0.2, 0.25) is 0 Å². The van der Waals surface area contributed by atoms with E-state index in [1.807, 2.05) is 42.3 Å². The van der Waals surface area contributed by atoms with E-state index in [4.69, 9.17) is 0 Å². The van der Waals surface area contributed by atoms with Crippen LogP contribution in [0.5, 0.6) is 0 Å². The summed E-state index contributed by atoms with van der Waals surface area (Å²) in [6.45, 7) is 2.21. The fourth-order valence-electron chi connectivity index (χ4n) is 4.92. The second-order valence-corrected chi connectivity index (χ2v) is 11.7. The van der Waals surface area contributed by atoms with Crippen molar-refractivity contribution in [3.8, 4) is 11.1 Å². The summed E-state index contributed by atoms with van der Waals surface area (Å²) in [4.78, 5) is 34.2. The highest BCUT2D eigenvalue weighted by Crippen LogP contribution is 2.36. The molecular weight excluding hydrogens is 523 g/mol. The van der Waals surface area contributed by atoms with Crippen LogP contribution in [0.2, 0.25) is 0 Å². The molecule has 10 heteroatoms. The van der Waals surface area contributed by atoms with E-state index < -0.39 is 17.4 Å². The predicted molar refractivity (Wildman–Crippen MR) is 152 cm³/mol. The van der Waals surface area contributed by atoms with E-state index in [1.54, 1.807) is 36.4 Å². The average molecular weight is 557 g/mol. The van der Waals surface area contributed by atoms with Crippen molar-refractivity contribution in [1.82, 2.24) is 19.8 Å². The van der Waals surface area contributed by atoms with Crippen molar-refractivity contribution < 1.29 is 19.1 Å². The summed E-state index contributed by atoms with van der Waals surface area (Å²) in [5.41, 5.74) is -0.00302. The molecule has 1 aliphatic rings. The first-order chi connectivity index (χ1) is 18.3. The number of thiophene rings is 1. The van der Waals surface area contributed by atoms with Crippen LogP contribution < -0.4 is 5.32 Å². The van der Waals surface area contributed by atoms with Crippen molar-refractivity contribution >= 4 is 41.1 Å². The molecule has 202 valence electrons. The molecule has 1 fully saturated rings. The molecule has 3 heterocycles. The van der Waals surface area contributed by atoms with Crippen LogP contribution >= 0.6 is 23.1 Å². The molecule has 0 bridgehead atoms. The number of hydrogen-bond acceptors (Lipinski definition) is 6. The Morgan fingerprint density at radius 3 is 2.66 bits per heavy atom. The molecule has 2 aromatic heterocycles. The number of thioether (sulfide) groups is 1. The maximum absolute atomic E-state index is 13.9. The van der Waals surface area contributed by atoms with Gasteiger partial charge in [0.15, 0.2) is 0 Å². The molecule has 1 aliphatic heterocycles. The zero-order chi connectivity index (χ0) is 27.1. The average Bonchev–Trinajstić information content (AvgIpc) is 3.58. The Balaban J connectivity index is 1.68. The van der Waals surface area contributed by atoms with Crippen LogP contribution in [0.3, 0.4) is 0 Å². The smallest absolute Gasteiger partial charge is 0.329 e. The number of rotatable bonds is 11. The third kappa shape index (κ3) is 6.54. The van der Waals surface area contributed by atoms with E-state index >= 15 is 0 Å². The minimum absolute atomic E-state index is 0.170. The van der Waals surface area contributed by atoms with Gasteiger partial charge in [0, 0.05) is 29.4 Å². The first kappa shape index (κ1) is 28.1. The van der Waals surface area contributed by atoms with Crippen molar-refractivity contribution in [3.05, 3.63) is 70.7 Å². The minimum atomic E-state index is -1.36. The fraction of sp³-hybridized carbons (Fsp3) is 0.393. The summed E-state index contributed by atoms with van der Waals surface area (Å²) < 4.78 is 15.6. The number of amides is 1. The lowest BCUT2D eigenvalue weighted by Gasteiger charge is -2.41. The summed E-state index contributed by atoms with van der Waals surface area (Å²) in [6.07, 6.45) is 12.9. The lowest BCUT2D eigenvalue weighted by molar-refractivity contribution is -0.148. The normalized spacial score (nSPS) is 16.5. The first-order valence-electron chi connectivity index (χ1n) is 12.6. The highest BCUT2D eigenvalue weighted by molar-refractivity contribution is 7.98. The number of likely N-dealkylation sites (tertiary alicyclic amines) is 1. The van der Waals surface area contributed by atoms with Crippen LogP contribution in [0.1, 0.15) is 33.8 Å². The van der Waals surface area contributed by atoms with Gasteiger partial charge in [0.1, 0.15) is 16.2 Å². The molecule has 1 amide bonds. The third-order valence-corrected chi connectivity index (χ3v) is 8.82. The highest BCUT2D eigenvalue weighted by atomic mass is 32.2. The molecule has 0 spiro atoms. The van der Waals surface area contributed by atoms with Crippen LogP contribution in [-0.2, 0) is 11.3 Å². The monoisotopic (exact) mass is 556 g/mol. The van der Waals surface area contributed by atoms with Gasteiger partial charge >= 0.3 is 5.97 Å². The van der Waals surface area contributed by atoms with Gasteiger partial charge in [-0.3, -0.25) is 4.79 Å². The molecule has 38 heavy (non-hydrogen) atoms. The van der Waals surface area contributed by atoms with Gasteiger partial charge in [-0.15, -0.1) is 11.3 Å². The minimum Gasteiger partial charge on any atom is -0.479 e. The number of piperidine rings is 1. The number of allylic oxidation sites excluding steroid dienone is 1. The van der Waals surface area contributed by atoms with E-state index in [-0.39, 0.29) is 11.7 Å². The highest BCUT2D eigenvalue weighted by Gasteiger charge is 2.47. The standard InChI is InChI=1S/C28H33FN4O3S2/c1-32-14-9-21(10-15-32)28(27(35)36,11-17-37-2)31-26(34)25-24(20-5-7-22(29)8-6-20)18-23(38-25)4-3-13-33-16-12-30-19-33/h3-8,12,16,18-19,21H,9-11,13-15,17H2,1-2H3,(H,31,34)(H,35,36)/t28-/m0/s1. The number of carboxylic acids is 1. The molecule has 1 aromatic carbocycles. The largest absolute Gasteiger partial charge is 0.479 e. The molecule has 4 rings (SSSR count). The molecule has 0 radical (unpaired) electrons. The number of carbonyl (C=O) groups excluding carboxylic acids is 1. The van der Waals surface area contributed by atoms with Crippen LogP contribution in [0.4, 0.5) is 4.39 Å². The van der Waals surface area contributed by atoms with Gasteiger partial charge in [-0.2, -0.15) is 11.8 Å². The van der Waals surface area contributed by atoms with Crippen molar-refractivity contribution in [2.75, 3.05) is 32.1 Å². The number of nitrogens with one attached hydrogen (secondary N) is 1. The number of imidazole rings is 1. The molecule has 1 atom stereocenters. The lowest BCUT2D eigenvalue weighted by Crippen LogP contribution is -2.61. The number of nitrogens with zero attached hydrogens (tertiary/aromatic N) is 3. The van der Waals surface area contributed by atoms with E-state index in [9.17, 15) is 19.1 Å². The number of hydrogen-bond donors (Lipinski definition) is 2. The zero-order valence-corrected chi connectivity index (χ0v) is 23.2. The number of carbonyl (C=O) groups is 2. The van der Waals surface area contributed by atoms with Crippen LogP contribution in [0.15, 0.2) is 55.1 Å². The van der Waals surface area contributed by atoms with Crippen molar-refractivity contribution in [2.24, 2.45) is 5.92 Å². The Hall–Kier alpha value is -2.95. The number of aliphatic carboxylic acids is 1. The molecule has 0 unspecified atom stereocenters. The van der Waals surface area contributed by atoms with E-state index in [0.717, 1.165) is 18.0 Å². The Morgan fingerprint density at radius 1 is 1.29 bits per heavy atom. The maximum atomic E-state index is 13.9. The summed E-state index contributed by atoms with van der Waals surface area (Å²) in [5, 5.41) is 13.5. The second kappa shape index (κ2) is 12.7. The van der Waals surface area contributed by atoms with Gasteiger partial charge in [-0.05, 0) is 87.2 Å². The Kier molecular flexibility index (Phi) is 9.40. The van der Waals surface area contributed by atoms with E-state index in [0.29, 0.717) is 47.6 Å². The van der Waals surface area contributed by atoms with Gasteiger partial charge in [-0.1, -0.05) is 18.2 Å². The van der Waals surface area contributed by atoms with Crippen LogP contribution in [0, 0.1) is 11.7 Å². The Labute approximate surface area is 230 Å². The molecular formula is C28H33FN4O3S2. The van der Waals surface area contributed by atoms with Gasteiger partial charge in [-0.25, -0.2) is 14.2 Å². The number of carboxylic acid groups (broad SMARTS) is 1. The second-order valence-electron chi connectivity index (χ2n) is 9.61. The predicted octanol–water partition coefficient (Wildman–Crippen LogP) is 5.11. The SMILES string of the molecule is CSCC[C@@](NC(=O)c1sc(C=CCn2ccnc2)cc1-c1ccc(F)cc1)(C(=O)O)C1CCN(C)CC1. The number of aromatic nitrogens is 2. The number of benzene rings is 1. The zero-order valence-electron chi connectivity index (χ0n) is 21.6. The summed E-state index contributed by atoms with van der Waals surface area (Å²) in [5.74, 6) is -1.31. The lowest BCUT2D eigenvalue weighted by atomic mass is 9.75. The summed E-state index contributed by atoms with van der Waals surface area (Å²) in [6, 6.07) is 7.91. The molecule has 0 aliphatic carbocycles.